The van der Waals surface area contributed by atoms with Crippen molar-refractivity contribution in [2.24, 2.45) is 0 Å². The number of carboxylic acids is 2. The van der Waals surface area contributed by atoms with Gasteiger partial charge in [0.1, 0.15) is 6.54 Å². The molecular weight excluding hydrogens is 354 g/mol. The van der Waals surface area contributed by atoms with Crippen molar-refractivity contribution in [2.75, 3.05) is 27.7 Å². The third-order valence-electron chi connectivity index (χ3n) is 4.04. The average molecular weight is 389 g/mol. The molecule has 158 valence electrons. The molecule has 0 rings (SSSR count). The molecule has 0 aromatic rings. The van der Waals surface area contributed by atoms with E-state index in [1.165, 1.54) is 0 Å². The van der Waals surface area contributed by atoms with E-state index in [0.29, 0.717) is 43.1 Å². The lowest BCUT2D eigenvalue weighted by Crippen LogP contribution is -2.45. The van der Waals surface area contributed by atoms with E-state index in [1.54, 1.807) is 0 Å². The first kappa shape index (κ1) is 25.3. The van der Waals surface area contributed by atoms with E-state index in [9.17, 15) is 24.6 Å². The van der Waals surface area contributed by atoms with Crippen LogP contribution in [0.15, 0.2) is 0 Å². The van der Waals surface area contributed by atoms with Gasteiger partial charge >= 0.3 is 11.9 Å². The zero-order valence-corrected chi connectivity index (χ0v) is 16.8. The number of ether oxygens (including phenoxy) is 1. The Balaban J connectivity index is 3.92. The number of rotatable bonds is 16. The largest absolute Gasteiger partial charge is 0.550 e. The van der Waals surface area contributed by atoms with Gasteiger partial charge in [0.25, 0.3) is 0 Å². The summed E-state index contributed by atoms with van der Waals surface area (Å²) in [5.74, 6) is -2.48. The summed E-state index contributed by atoms with van der Waals surface area (Å²) in [7, 11) is 5.66. The summed E-state index contributed by atoms with van der Waals surface area (Å²) in [6.45, 7) is 0.389. The summed E-state index contributed by atoms with van der Waals surface area (Å²) in [5.41, 5.74) is 0. The zero-order chi connectivity index (χ0) is 20.9. The molecule has 8 nitrogen and oxygen atoms in total. The maximum atomic E-state index is 11.9. The third kappa shape index (κ3) is 17.5. The summed E-state index contributed by atoms with van der Waals surface area (Å²) in [4.78, 5) is 33.1. The van der Waals surface area contributed by atoms with Gasteiger partial charge in [0.15, 0.2) is 6.10 Å². The van der Waals surface area contributed by atoms with Crippen LogP contribution in [0.3, 0.4) is 0 Å². The SMILES string of the molecule is C[N+](C)(C)CC(CC(=O)[O-])OC(=O)CCCCC(O)CCCCCC(=O)O. The number of nitrogens with zero attached hydrogens (tertiary/aromatic N) is 1. The highest BCUT2D eigenvalue weighted by atomic mass is 16.5. The van der Waals surface area contributed by atoms with E-state index in [1.807, 2.05) is 21.1 Å². The van der Waals surface area contributed by atoms with Crippen LogP contribution in [0.25, 0.3) is 0 Å². The Morgan fingerprint density at radius 2 is 1.52 bits per heavy atom. The van der Waals surface area contributed by atoms with E-state index in [2.05, 4.69) is 0 Å². The van der Waals surface area contributed by atoms with Gasteiger partial charge < -0.3 is 29.3 Å². The van der Waals surface area contributed by atoms with Gasteiger partial charge in [-0.25, -0.2) is 0 Å². The number of hydrogen-bond acceptors (Lipinski definition) is 6. The number of carboxylic acid groups (broad SMARTS) is 2. The Labute approximate surface area is 161 Å². The second kappa shape index (κ2) is 13.5. The molecule has 2 unspecified atom stereocenters. The van der Waals surface area contributed by atoms with Crippen LogP contribution in [0, 0.1) is 0 Å². The van der Waals surface area contributed by atoms with Crippen LogP contribution >= 0.6 is 0 Å². The number of quaternary nitrogens is 1. The molecule has 0 aliphatic carbocycles. The Bertz CT molecular complexity index is 459. The van der Waals surface area contributed by atoms with Crippen LogP contribution in [-0.2, 0) is 19.1 Å². The Kier molecular flexibility index (Phi) is 12.7. The molecule has 0 aliphatic rings. The minimum atomic E-state index is -1.24. The van der Waals surface area contributed by atoms with Crippen molar-refractivity contribution in [3.63, 3.8) is 0 Å². The zero-order valence-electron chi connectivity index (χ0n) is 16.8. The van der Waals surface area contributed by atoms with Crippen LogP contribution in [-0.4, -0.2) is 72.5 Å². The number of carbonyl (C=O) groups excluding carboxylic acids is 2. The quantitative estimate of drug-likeness (QED) is 0.226. The fourth-order valence-corrected chi connectivity index (χ4v) is 2.81. The molecule has 2 atom stereocenters. The Morgan fingerprint density at radius 1 is 0.963 bits per heavy atom. The number of hydrogen-bond donors (Lipinski definition) is 2. The van der Waals surface area contributed by atoms with Crippen molar-refractivity contribution < 1.29 is 38.9 Å². The molecule has 0 saturated carbocycles. The van der Waals surface area contributed by atoms with Crippen LogP contribution in [0.5, 0.6) is 0 Å². The highest BCUT2D eigenvalue weighted by molar-refractivity contribution is 5.70. The summed E-state index contributed by atoms with van der Waals surface area (Å²) in [6, 6.07) is 0. The summed E-state index contributed by atoms with van der Waals surface area (Å²) < 4.78 is 5.75. The highest BCUT2D eigenvalue weighted by Gasteiger charge is 2.22. The fraction of sp³-hybridized carbons (Fsp3) is 0.842. The molecule has 0 bridgehead atoms. The van der Waals surface area contributed by atoms with Crippen molar-refractivity contribution in [2.45, 2.75) is 76.4 Å². The van der Waals surface area contributed by atoms with Gasteiger partial charge in [0, 0.05) is 25.2 Å². The van der Waals surface area contributed by atoms with E-state index in [-0.39, 0.29) is 19.3 Å². The van der Waals surface area contributed by atoms with E-state index < -0.39 is 30.1 Å². The van der Waals surface area contributed by atoms with Crippen LogP contribution in [0.1, 0.15) is 64.2 Å². The molecule has 0 saturated heterocycles. The smallest absolute Gasteiger partial charge is 0.306 e. The number of aliphatic hydroxyl groups excluding tert-OH is 1. The molecule has 27 heavy (non-hydrogen) atoms. The first-order valence-electron chi connectivity index (χ1n) is 9.59. The molecule has 0 aromatic heterocycles. The first-order valence-corrected chi connectivity index (χ1v) is 9.59. The summed E-state index contributed by atoms with van der Waals surface area (Å²) in [6.07, 6.45) is 3.49. The van der Waals surface area contributed by atoms with Crippen LogP contribution in [0.4, 0.5) is 0 Å². The number of aliphatic carboxylic acids is 2. The number of likely N-dealkylation sites (N-methyl/N-ethyl adjacent to an activating group) is 1. The molecule has 0 radical (unpaired) electrons. The molecule has 0 aliphatic heterocycles. The maximum Gasteiger partial charge on any atom is 0.306 e. The molecule has 0 aromatic carbocycles. The topological polar surface area (TPSA) is 124 Å². The predicted octanol–water partition coefficient (Wildman–Crippen LogP) is 0.701. The van der Waals surface area contributed by atoms with Crippen molar-refractivity contribution in [1.82, 2.24) is 0 Å². The van der Waals surface area contributed by atoms with Gasteiger partial charge in [0.05, 0.1) is 27.2 Å². The molecule has 0 amide bonds. The van der Waals surface area contributed by atoms with E-state index in [0.717, 1.165) is 12.8 Å². The third-order valence-corrected chi connectivity index (χ3v) is 4.04. The lowest BCUT2D eigenvalue weighted by atomic mass is 10.0. The standard InChI is InChI=1S/C19H35NO7/c1-20(2,3)14-16(13-18(24)25)27-19(26)12-8-7-10-15(21)9-5-4-6-11-17(22)23/h15-16,21H,4-14H2,1-3H3,(H-,22,23,24,25). The lowest BCUT2D eigenvalue weighted by Gasteiger charge is -2.29. The molecule has 2 N–H and O–H groups in total. The molecule has 0 fully saturated rings. The van der Waals surface area contributed by atoms with Crippen molar-refractivity contribution in [3.05, 3.63) is 0 Å². The van der Waals surface area contributed by atoms with Gasteiger partial charge in [-0.05, 0) is 25.7 Å². The van der Waals surface area contributed by atoms with Crippen molar-refractivity contribution in [3.8, 4) is 0 Å². The fourth-order valence-electron chi connectivity index (χ4n) is 2.81. The summed E-state index contributed by atoms with van der Waals surface area (Å²) in [5, 5.41) is 29.2. The van der Waals surface area contributed by atoms with Crippen LogP contribution in [0.2, 0.25) is 0 Å². The Morgan fingerprint density at radius 3 is 2.04 bits per heavy atom. The molecule has 0 spiro atoms. The first-order chi connectivity index (χ1) is 12.5. The number of esters is 1. The Hall–Kier alpha value is -1.67. The van der Waals surface area contributed by atoms with Crippen molar-refractivity contribution in [1.29, 1.82) is 0 Å². The lowest BCUT2D eigenvalue weighted by molar-refractivity contribution is -0.873. The average Bonchev–Trinajstić information content (AvgIpc) is 2.48. The van der Waals surface area contributed by atoms with Gasteiger partial charge in [-0.2, -0.15) is 0 Å². The van der Waals surface area contributed by atoms with Crippen molar-refractivity contribution >= 4 is 17.9 Å². The molecule has 0 heterocycles. The number of aliphatic hydroxyl groups is 1. The summed E-state index contributed by atoms with van der Waals surface area (Å²) >= 11 is 0. The van der Waals surface area contributed by atoms with Gasteiger partial charge in [-0.1, -0.05) is 19.3 Å². The van der Waals surface area contributed by atoms with E-state index >= 15 is 0 Å². The van der Waals surface area contributed by atoms with Gasteiger partial charge in [0.2, 0.25) is 0 Å². The van der Waals surface area contributed by atoms with Gasteiger partial charge in [-0.3, -0.25) is 9.59 Å². The maximum absolute atomic E-state index is 11.9. The monoisotopic (exact) mass is 389 g/mol. The van der Waals surface area contributed by atoms with Gasteiger partial charge in [-0.15, -0.1) is 0 Å². The second-order valence-corrected chi connectivity index (χ2v) is 8.05. The number of carbonyl (C=O) groups is 3. The van der Waals surface area contributed by atoms with Crippen LogP contribution < -0.4 is 5.11 Å². The highest BCUT2D eigenvalue weighted by Crippen LogP contribution is 2.13. The molecular formula is C19H35NO7. The van der Waals surface area contributed by atoms with E-state index in [4.69, 9.17) is 9.84 Å². The number of unbranched alkanes of at least 4 members (excludes halogenated alkanes) is 3. The molecule has 8 heteroatoms. The minimum Gasteiger partial charge on any atom is -0.550 e. The second-order valence-electron chi connectivity index (χ2n) is 8.05. The normalized spacial score (nSPS) is 13.8. The predicted molar refractivity (Wildman–Crippen MR) is 97.6 cm³/mol. The minimum absolute atomic E-state index is 0.158.